The number of piperazine rings is 1. The monoisotopic (exact) mass is 350 g/mol. The molecule has 1 saturated heterocycles. The molecule has 0 unspecified atom stereocenters. The zero-order valence-corrected chi connectivity index (χ0v) is 15.0. The van der Waals surface area contributed by atoms with Gasteiger partial charge in [0.05, 0.1) is 11.8 Å². The molecule has 0 N–H and O–H groups in total. The van der Waals surface area contributed by atoms with E-state index in [4.69, 9.17) is 0 Å². The van der Waals surface area contributed by atoms with Gasteiger partial charge in [-0.2, -0.15) is 5.10 Å². The van der Waals surface area contributed by atoms with E-state index in [1.54, 1.807) is 18.6 Å². The molecule has 7 nitrogen and oxygen atoms in total. The minimum atomic E-state index is 0.0253. The Hall–Kier alpha value is -2.96. The second-order valence-electron chi connectivity index (χ2n) is 6.79. The largest absolute Gasteiger partial charge is 0.353 e. The molecule has 0 saturated carbocycles. The summed E-state index contributed by atoms with van der Waals surface area (Å²) in [6, 6.07) is 8.02. The second-order valence-corrected chi connectivity index (χ2v) is 6.79. The molecule has 0 aromatic carbocycles. The van der Waals surface area contributed by atoms with Crippen LogP contribution in [0.15, 0.2) is 42.9 Å². The first-order chi connectivity index (χ1) is 12.6. The van der Waals surface area contributed by atoms with E-state index in [2.05, 4.69) is 33.8 Å². The SMILES string of the molecule is CC(C)n1ncc2cc(C(=O)N3CCN(c4ccccn4)CC3)cnc21. The summed E-state index contributed by atoms with van der Waals surface area (Å²) < 4.78 is 1.87. The molecule has 26 heavy (non-hydrogen) atoms. The maximum atomic E-state index is 12.9. The first-order valence-corrected chi connectivity index (χ1v) is 8.92. The fraction of sp³-hybridized carbons (Fsp3) is 0.368. The third kappa shape index (κ3) is 3.00. The van der Waals surface area contributed by atoms with E-state index in [0.29, 0.717) is 18.7 Å². The smallest absolute Gasteiger partial charge is 0.255 e. The topological polar surface area (TPSA) is 67.2 Å². The van der Waals surface area contributed by atoms with Crippen LogP contribution in [0.3, 0.4) is 0 Å². The van der Waals surface area contributed by atoms with Crippen LogP contribution in [0.4, 0.5) is 5.82 Å². The molecule has 0 aliphatic carbocycles. The summed E-state index contributed by atoms with van der Waals surface area (Å²) in [5, 5.41) is 5.27. The first kappa shape index (κ1) is 16.5. The number of hydrogen-bond acceptors (Lipinski definition) is 5. The van der Waals surface area contributed by atoms with Crippen molar-refractivity contribution in [2.75, 3.05) is 31.1 Å². The van der Waals surface area contributed by atoms with E-state index < -0.39 is 0 Å². The van der Waals surface area contributed by atoms with Gasteiger partial charge >= 0.3 is 0 Å². The Kier molecular flexibility index (Phi) is 4.28. The van der Waals surface area contributed by atoms with E-state index in [1.165, 1.54) is 0 Å². The molecular weight excluding hydrogens is 328 g/mol. The van der Waals surface area contributed by atoms with Gasteiger partial charge in [0, 0.05) is 50.0 Å². The van der Waals surface area contributed by atoms with Crippen molar-refractivity contribution in [2.24, 2.45) is 0 Å². The maximum Gasteiger partial charge on any atom is 0.255 e. The first-order valence-electron chi connectivity index (χ1n) is 8.92. The summed E-state index contributed by atoms with van der Waals surface area (Å²) in [6.07, 6.45) is 5.24. The lowest BCUT2D eigenvalue weighted by Gasteiger charge is -2.35. The summed E-state index contributed by atoms with van der Waals surface area (Å²) in [5.74, 6) is 0.987. The summed E-state index contributed by atoms with van der Waals surface area (Å²) >= 11 is 0. The molecule has 1 aliphatic heterocycles. The third-order valence-corrected chi connectivity index (χ3v) is 4.71. The van der Waals surface area contributed by atoms with Gasteiger partial charge in [-0.3, -0.25) is 4.79 Å². The van der Waals surface area contributed by atoms with E-state index in [9.17, 15) is 4.79 Å². The number of hydrogen-bond donors (Lipinski definition) is 0. The number of amides is 1. The van der Waals surface area contributed by atoms with E-state index in [1.807, 2.05) is 33.8 Å². The molecule has 1 amide bonds. The molecular formula is C19H22N6O. The van der Waals surface area contributed by atoms with Crippen molar-refractivity contribution in [3.8, 4) is 0 Å². The van der Waals surface area contributed by atoms with Gasteiger partial charge in [-0.05, 0) is 32.0 Å². The number of nitrogens with zero attached hydrogens (tertiary/aromatic N) is 6. The Morgan fingerprint density at radius 2 is 1.88 bits per heavy atom. The number of rotatable bonds is 3. The van der Waals surface area contributed by atoms with Crippen LogP contribution in [0.2, 0.25) is 0 Å². The highest BCUT2D eigenvalue weighted by Gasteiger charge is 2.23. The Balaban J connectivity index is 1.47. The molecule has 4 rings (SSSR count). The number of aromatic nitrogens is 4. The Morgan fingerprint density at radius 1 is 1.08 bits per heavy atom. The van der Waals surface area contributed by atoms with Crippen molar-refractivity contribution in [3.63, 3.8) is 0 Å². The highest BCUT2D eigenvalue weighted by atomic mass is 16.2. The Morgan fingerprint density at radius 3 is 2.58 bits per heavy atom. The van der Waals surface area contributed by atoms with E-state index in [0.717, 1.165) is 29.9 Å². The predicted octanol–water partition coefficient (Wildman–Crippen LogP) is 2.37. The number of anilines is 1. The molecule has 4 heterocycles. The zero-order valence-electron chi connectivity index (χ0n) is 15.0. The molecule has 1 fully saturated rings. The van der Waals surface area contributed by atoms with Crippen LogP contribution >= 0.6 is 0 Å². The quantitative estimate of drug-likeness (QED) is 0.725. The Labute approximate surface area is 152 Å². The van der Waals surface area contributed by atoms with Crippen LogP contribution in [-0.4, -0.2) is 56.7 Å². The molecule has 7 heteroatoms. The normalized spacial score (nSPS) is 15.0. The van der Waals surface area contributed by atoms with Crippen molar-refractivity contribution in [1.29, 1.82) is 0 Å². The minimum Gasteiger partial charge on any atom is -0.353 e. The molecule has 0 radical (unpaired) electrons. The van der Waals surface area contributed by atoms with Crippen molar-refractivity contribution < 1.29 is 4.79 Å². The molecule has 0 spiro atoms. The van der Waals surface area contributed by atoms with Gasteiger partial charge < -0.3 is 9.80 Å². The van der Waals surface area contributed by atoms with Crippen LogP contribution in [0.1, 0.15) is 30.2 Å². The molecule has 3 aromatic heterocycles. The van der Waals surface area contributed by atoms with Crippen LogP contribution in [0.5, 0.6) is 0 Å². The average molecular weight is 350 g/mol. The highest BCUT2D eigenvalue weighted by molar-refractivity contribution is 5.97. The lowest BCUT2D eigenvalue weighted by molar-refractivity contribution is 0.0746. The predicted molar refractivity (Wildman–Crippen MR) is 100 cm³/mol. The van der Waals surface area contributed by atoms with Crippen molar-refractivity contribution in [3.05, 3.63) is 48.4 Å². The zero-order chi connectivity index (χ0) is 18.1. The second kappa shape index (κ2) is 6.74. The average Bonchev–Trinajstić information content (AvgIpc) is 3.12. The lowest BCUT2D eigenvalue weighted by atomic mass is 10.2. The minimum absolute atomic E-state index is 0.0253. The number of carbonyl (C=O) groups is 1. The van der Waals surface area contributed by atoms with Crippen molar-refractivity contribution >= 4 is 22.8 Å². The van der Waals surface area contributed by atoms with Crippen molar-refractivity contribution in [2.45, 2.75) is 19.9 Å². The van der Waals surface area contributed by atoms with Crippen LogP contribution in [0.25, 0.3) is 11.0 Å². The highest BCUT2D eigenvalue weighted by Crippen LogP contribution is 2.19. The fourth-order valence-corrected chi connectivity index (χ4v) is 3.30. The van der Waals surface area contributed by atoms with Gasteiger partial charge in [0.1, 0.15) is 5.82 Å². The molecule has 3 aromatic rings. The summed E-state index contributed by atoms with van der Waals surface area (Å²) in [4.78, 5) is 25.8. The molecule has 0 bridgehead atoms. The number of carbonyl (C=O) groups excluding carboxylic acids is 1. The summed E-state index contributed by atoms with van der Waals surface area (Å²) in [6.45, 7) is 7.05. The maximum absolute atomic E-state index is 12.9. The summed E-state index contributed by atoms with van der Waals surface area (Å²) in [5.41, 5.74) is 1.43. The van der Waals surface area contributed by atoms with Gasteiger partial charge in [0.15, 0.2) is 5.65 Å². The van der Waals surface area contributed by atoms with Gasteiger partial charge in [-0.25, -0.2) is 14.6 Å². The van der Waals surface area contributed by atoms with Crippen LogP contribution in [-0.2, 0) is 0 Å². The van der Waals surface area contributed by atoms with Gasteiger partial charge in [-0.15, -0.1) is 0 Å². The van der Waals surface area contributed by atoms with E-state index in [-0.39, 0.29) is 11.9 Å². The number of fused-ring (bicyclic) bond motifs is 1. The fourth-order valence-electron chi connectivity index (χ4n) is 3.30. The lowest BCUT2D eigenvalue weighted by Crippen LogP contribution is -2.49. The van der Waals surface area contributed by atoms with E-state index >= 15 is 0 Å². The van der Waals surface area contributed by atoms with Crippen LogP contribution in [0, 0.1) is 0 Å². The third-order valence-electron chi connectivity index (χ3n) is 4.71. The molecule has 0 atom stereocenters. The van der Waals surface area contributed by atoms with Gasteiger partial charge in [0.25, 0.3) is 5.91 Å². The standard InChI is InChI=1S/C19H22N6O/c1-14(2)25-18-15(13-22-25)11-16(12-21-18)19(26)24-9-7-23(8-10-24)17-5-3-4-6-20-17/h3-6,11-14H,7-10H2,1-2H3. The van der Waals surface area contributed by atoms with Crippen LogP contribution < -0.4 is 4.90 Å². The summed E-state index contributed by atoms with van der Waals surface area (Å²) in [7, 11) is 0. The molecule has 1 aliphatic rings. The van der Waals surface area contributed by atoms with Gasteiger partial charge in [-0.1, -0.05) is 6.07 Å². The van der Waals surface area contributed by atoms with Gasteiger partial charge in [0.2, 0.25) is 0 Å². The number of pyridine rings is 2. The van der Waals surface area contributed by atoms with Crippen molar-refractivity contribution in [1.82, 2.24) is 24.6 Å². The Bertz CT molecular complexity index is 912. The molecule has 134 valence electrons.